The lowest BCUT2D eigenvalue weighted by Gasteiger charge is -2.48. The first-order chi connectivity index (χ1) is 17.3. The van der Waals surface area contributed by atoms with Crippen LogP contribution < -0.4 is 10.6 Å². The lowest BCUT2D eigenvalue weighted by Crippen LogP contribution is -2.53. The summed E-state index contributed by atoms with van der Waals surface area (Å²) in [6.07, 6.45) is 0.820. The van der Waals surface area contributed by atoms with Gasteiger partial charge in [-0.05, 0) is 65.4 Å². The molecule has 1 fully saturated rings. The highest BCUT2D eigenvalue weighted by molar-refractivity contribution is 6.30. The van der Waals surface area contributed by atoms with Gasteiger partial charge in [0.15, 0.2) is 0 Å². The molecule has 3 aromatic rings. The Morgan fingerprint density at radius 1 is 0.889 bits per heavy atom. The van der Waals surface area contributed by atoms with Gasteiger partial charge in [-0.2, -0.15) is 0 Å². The summed E-state index contributed by atoms with van der Waals surface area (Å²) in [5.41, 5.74) is 2.72. The molecule has 0 bridgehead atoms. The van der Waals surface area contributed by atoms with Crippen molar-refractivity contribution < 1.29 is 13.6 Å². The molecule has 3 aromatic carbocycles. The van der Waals surface area contributed by atoms with Gasteiger partial charge in [0.2, 0.25) is 0 Å². The third-order valence-electron chi connectivity index (χ3n) is 6.57. The number of halogens is 4. The van der Waals surface area contributed by atoms with E-state index in [0.717, 1.165) is 23.6 Å². The molecule has 36 heavy (non-hydrogen) atoms. The lowest BCUT2D eigenvalue weighted by molar-refractivity contribution is 0.0516. The van der Waals surface area contributed by atoms with Crippen LogP contribution in [0, 0.1) is 17.6 Å². The third-order valence-corrected chi connectivity index (χ3v) is 7.08. The molecule has 4 rings (SSSR count). The quantitative estimate of drug-likeness (QED) is 0.319. The molecule has 8 heteroatoms. The molecular weight excluding hydrogens is 503 g/mol. The zero-order valence-electron chi connectivity index (χ0n) is 20.0. The van der Waals surface area contributed by atoms with Gasteiger partial charge in [0, 0.05) is 48.2 Å². The predicted molar refractivity (Wildman–Crippen MR) is 141 cm³/mol. The second-order valence-electron chi connectivity index (χ2n) is 9.17. The van der Waals surface area contributed by atoms with Crippen LogP contribution in [0.15, 0.2) is 66.7 Å². The number of likely N-dealkylation sites (tertiary alicyclic amines) is 1. The Bertz CT molecular complexity index is 1100. The standard InChI is InChI=1S/C28H29Cl2F2N3O/c1-2-11-33-28(36)34-15-26(20-12-24(31)14-25(32)13-20)21-16-35(17-21)27(18-3-7-22(29)8-4-18)19-5-9-23(30)10-6-19/h3-10,12-14,21,26-27H,2,11,15-17H2,1H3,(H2,33,34,36). The number of hydrogen-bond donors (Lipinski definition) is 2. The predicted octanol–water partition coefficient (Wildman–Crippen LogP) is 6.79. The third kappa shape index (κ3) is 6.55. The smallest absolute Gasteiger partial charge is 0.314 e. The Morgan fingerprint density at radius 2 is 1.42 bits per heavy atom. The maximum absolute atomic E-state index is 14.1. The second kappa shape index (κ2) is 12.0. The molecule has 0 spiro atoms. The van der Waals surface area contributed by atoms with Gasteiger partial charge in [-0.1, -0.05) is 54.4 Å². The van der Waals surface area contributed by atoms with Crippen molar-refractivity contribution in [1.29, 1.82) is 0 Å². The van der Waals surface area contributed by atoms with E-state index in [9.17, 15) is 13.6 Å². The fourth-order valence-corrected chi connectivity index (χ4v) is 5.02. The largest absolute Gasteiger partial charge is 0.338 e. The van der Waals surface area contributed by atoms with Crippen molar-refractivity contribution in [3.8, 4) is 0 Å². The first-order valence-corrected chi connectivity index (χ1v) is 12.8. The van der Waals surface area contributed by atoms with Crippen LogP contribution in [-0.2, 0) is 0 Å². The van der Waals surface area contributed by atoms with Crippen LogP contribution >= 0.6 is 23.2 Å². The molecule has 2 amide bonds. The van der Waals surface area contributed by atoms with Crippen LogP contribution in [0.4, 0.5) is 13.6 Å². The topological polar surface area (TPSA) is 44.4 Å². The summed E-state index contributed by atoms with van der Waals surface area (Å²) >= 11 is 12.3. The summed E-state index contributed by atoms with van der Waals surface area (Å²) in [4.78, 5) is 14.5. The normalized spacial score (nSPS) is 14.9. The molecule has 1 heterocycles. The lowest BCUT2D eigenvalue weighted by atomic mass is 9.79. The number of urea groups is 1. The first kappa shape index (κ1) is 26.4. The highest BCUT2D eigenvalue weighted by Crippen LogP contribution is 2.40. The van der Waals surface area contributed by atoms with Gasteiger partial charge >= 0.3 is 6.03 Å². The monoisotopic (exact) mass is 531 g/mol. The Balaban J connectivity index is 1.55. The fourth-order valence-electron chi connectivity index (χ4n) is 4.77. The van der Waals surface area contributed by atoms with E-state index in [2.05, 4.69) is 15.5 Å². The van der Waals surface area contributed by atoms with Crippen molar-refractivity contribution in [2.45, 2.75) is 25.3 Å². The molecule has 1 aliphatic heterocycles. The van der Waals surface area contributed by atoms with Crippen molar-refractivity contribution in [2.24, 2.45) is 5.92 Å². The average Bonchev–Trinajstić information content (AvgIpc) is 2.82. The number of amides is 2. The number of nitrogens with one attached hydrogen (secondary N) is 2. The molecule has 0 aliphatic carbocycles. The minimum absolute atomic E-state index is 0.0264. The molecule has 2 N–H and O–H groups in total. The summed E-state index contributed by atoms with van der Waals surface area (Å²) in [6.45, 7) is 4.20. The molecular formula is C28H29Cl2F2N3O. The van der Waals surface area contributed by atoms with Crippen LogP contribution in [0.5, 0.6) is 0 Å². The van der Waals surface area contributed by atoms with E-state index in [-0.39, 0.29) is 30.5 Å². The van der Waals surface area contributed by atoms with Crippen molar-refractivity contribution in [2.75, 3.05) is 26.2 Å². The van der Waals surface area contributed by atoms with Crippen LogP contribution in [0.2, 0.25) is 10.0 Å². The molecule has 1 atom stereocenters. The van der Waals surface area contributed by atoms with Crippen molar-refractivity contribution in [1.82, 2.24) is 15.5 Å². The summed E-state index contributed by atoms with van der Waals surface area (Å²) in [6, 6.07) is 18.8. The number of nitrogens with zero attached hydrogens (tertiary/aromatic N) is 1. The summed E-state index contributed by atoms with van der Waals surface area (Å²) in [7, 11) is 0. The number of carbonyl (C=O) groups excluding carboxylic acids is 1. The van der Waals surface area contributed by atoms with E-state index in [4.69, 9.17) is 23.2 Å². The molecule has 190 valence electrons. The van der Waals surface area contributed by atoms with Gasteiger partial charge in [0.1, 0.15) is 11.6 Å². The molecule has 1 aliphatic rings. The Kier molecular flexibility index (Phi) is 8.83. The van der Waals surface area contributed by atoms with E-state index in [1.807, 2.05) is 55.5 Å². The highest BCUT2D eigenvalue weighted by Gasteiger charge is 2.39. The maximum Gasteiger partial charge on any atom is 0.314 e. The van der Waals surface area contributed by atoms with Crippen molar-refractivity contribution >= 4 is 29.2 Å². The zero-order valence-corrected chi connectivity index (χ0v) is 21.5. The number of carbonyl (C=O) groups is 1. The molecule has 0 radical (unpaired) electrons. The second-order valence-corrected chi connectivity index (χ2v) is 10.0. The Morgan fingerprint density at radius 3 is 1.92 bits per heavy atom. The van der Waals surface area contributed by atoms with Crippen LogP contribution in [0.1, 0.15) is 42.0 Å². The van der Waals surface area contributed by atoms with E-state index in [1.165, 1.54) is 12.1 Å². The van der Waals surface area contributed by atoms with Crippen LogP contribution in [0.3, 0.4) is 0 Å². The SMILES string of the molecule is CCCNC(=O)NCC(c1cc(F)cc(F)c1)C1CN(C(c2ccc(Cl)cc2)c2ccc(Cl)cc2)C1. The average molecular weight is 532 g/mol. The van der Waals surface area contributed by atoms with Gasteiger partial charge in [0.25, 0.3) is 0 Å². The van der Waals surface area contributed by atoms with Crippen molar-refractivity contribution in [3.63, 3.8) is 0 Å². The van der Waals surface area contributed by atoms with E-state index in [1.54, 1.807) is 0 Å². The summed E-state index contributed by atoms with van der Waals surface area (Å²) < 4.78 is 28.2. The van der Waals surface area contributed by atoms with E-state index in [0.29, 0.717) is 35.2 Å². The number of rotatable bonds is 9. The molecule has 1 saturated heterocycles. The van der Waals surface area contributed by atoms with Gasteiger partial charge in [-0.15, -0.1) is 0 Å². The summed E-state index contributed by atoms with van der Waals surface area (Å²) in [5.74, 6) is -1.39. The fraction of sp³-hybridized carbons (Fsp3) is 0.321. The Hall–Kier alpha value is -2.67. The zero-order chi connectivity index (χ0) is 25.7. The molecule has 4 nitrogen and oxygen atoms in total. The summed E-state index contributed by atoms with van der Waals surface area (Å²) in [5, 5.41) is 6.99. The van der Waals surface area contributed by atoms with Gasteiger partial charge in [0.05, 0.1) is 6.04 Å². The number of hydrogen-bond acceptors (Lipinski definition) is 2. The van der Waals surface area contributed by atoms with Gasteiger partial charge in [-0.3, -0.25) is 4.90 Å². The van der Waals surface area contributed by atoms with Gasteiger partial charge < -0.3 is 10.6 Å². The molecule has 1 unspecified atom stereocenters. The molecule has 0 aromatic heterocycles. The van der Waals surface area contributed by atoms with Crippen LogP contribution in [-0.4, -0.2) is 37.1 Å². The Labute approximate surface area is 220 Å². The number of benzene rings is 3. The van der Waals surface area contributed by atoms with E-state index >= 15 is 0 Å². The van der Waals surface area contributed by atoms with Crippen molar-refractivity contribution in [3.05, 3.63) is 105 Å². The molecule has 0 saturated carbocycles. The van der Waals surface area contributed by atoms with Crippen LogP contribution in [0.25, 0.3) is 0 Å². The first-order valence-electron chi connectivity index (χ1n) is 12.1. The van der Waals surface area contributed by atoms with E-state index < -0.39 is 11.6 Å². The minimum atomic E-state index is -0.623. The van der Waals surface area contributed by atoms with Gasteiger partial charge in [-0.25, -0.2) is 13.6 Å². The minimum Gasteiger partial charge on any atom is -0.338 e. The maximum atomic E-state index is 14.1. The highest BCUT2D eigenvalue weighted by atomic mass is 35.5.